The van der Waals surface area contributed by atoms with Gasteiger partial charge in [-0.2, -0.15) is 0 Å². The van der Waals surface area contributed by atoms with Gasteiger partial charge in [0.15, 0.2) is 5.78 Å². The molecular weight excluding hydrogens is 290 g/mol. The van der Waals surface area contributed by atoms with E-state index < -0.39 is 0 Å². The molecule has 0 unspecified atom stereocenters. The minimum Gasteiger partial charge on any atom is -0.334 e. The van der Waals surface area contributed by atoms with Crippen LogP contribution in [0.1, 0.15) is 26.3 Å². The van der Waals surface area contributed by atoms with E-state index in [9.17, 15) is 9.59 Å². The van der Waals surface area contributed by atoms with Crippen molar-refractivity contribution >= 4 is 11.8 Å². The molecule has 5 heteroatoms. The second-order valence-corrected chi connectivity index (χ2v) is 7.08. The molecule has 2 amide bonds. The predicted molar refractivity (Wildman–Crippen MR) is 91.2 cm³/mol. The smallest absolute Gasteiger partial charge is 0.317 e. The van der Waals surface area contributed by atoms with Crippen molar-refractivity contribution in [2.45, 2.75) is 27.3 Å². The van der Waals surface area contributed by atoms with Gasteiger partial charge in [-0.3, -0.25) is 9.69 Å². The molecule has 1 aromatic rings. The summed E-state index contributed by atoms with van der Waals surface area (Å²) in [6.07, 6.45) is 0. The number of amides is 2. The van der Waals surface area contributed by atoms with E-state index in [0.29, 0.717) is 26.2 Å². The number of carbonyl (C=O) groups is 2. The summed E-state index contributed by atoms with van der Waals surface area (Å²) < 4.78 is 0. The van der Waals surface area contributed by atoms with E-state index in [-0.39, 0.29) is 17.2 Å². The van der Waals surface area contributed by atoms with Crippen molar-refractivity contribution in [2.24, 2.45) is 5.41 Å². The molecular formula is C18H27N3O2. The maximum Gasteiger partial charge on any atom is 0.317 e. The van der Waals surface area contributed by atoms with E-state index in [1.807, 2.05) is 56.0 Å². The van der Waals surface area contributed by atoms with Crippen LogP contribution in [0.15, 0.2) is 30.3 Å². The van der Waals surface area contributed by atoms with Crippen molar-refractivity contribution in [2.75, 3.05) is 32.7 Å². The summed E-state index contributed by atoms with van der Waals surface area (Å²) >= 11 is 0. The summed E-state index contributed by atoms with van der Waals surface area (Å²) in [5.74, 6) is 0.250. The first-order chi connectivity index (χ1) is 10.9. The third-order valence-corrected chi connectivity index (χ3v) is 4.15. The lowest BCUT2D eigenvalue weighted by molar-refractivity contribution is -0.127. The van der Waals surface area contributed by atoms with Crippen LogP contribution in [-0.4, -0.2) is 54.3 Å². The number of Topliss-reactive ketones (excluding diaryl/α,β-unsaturated/α-hetero) is 1. The topological polar surface area (TPSA) is 52.7 Å². The second-order valence-electron chi connectivity index (χ2n) is 7.08. The number of carbonyl (C=O) groups excluding carboxylic acids is 2. The number of hydrogen-bond acceptors (Lipinski definition) is 3. The van der Waals surface area contributed by atoms with E-state index in [1.165, 1.54) is 0 Å². The zero-order valence-corrected chi connectivity index (χ0v) is 14.3. The fraction of sp³-hybridized carbons (Fsp3) is 0.556. The Morgan fingerprint density at radius 3 is 2.22 bits per heavy atom. The molecule has 0 aliphatic carbocycles. The molecule has 1 saturated heterocycles. The molecule has 1 aromatic carbocycles. The molecule has 0 atom stereocenters. The first kappa shape index (κ1) is 17.5. The molecule has 23 heavy (non-hydrogen) atoms. The normalized spacial score (nSPS) is 16.2. The monoisotopic (exact) mass is 317 g/mol. The zero-order valence-electron chi connectivity index (χ0n) is 14.3. The Bertz CT molecular complexity index is 529. The number of nitrogens with one attached hydrogen (secondary N) is 1. The summed E-state index contributed by atoms with van der Waals surface area (Å²) in [5.41, 5.74) is 0.791. The van der Waals surface area contributed by atoms with Crippen LogP contribution in [0.5, 0.6) is 0 Å². The zero-order chi connectivity index (χ0) is 16.9. The van der Waals surface area contributed by atoms with E-state index in [2.05, 4.69) is 10.2 Å². The second kappa shape index (κ2) is 7.59. The average Bonchev–Trinajstić information content (AvgIpc) is 2.53. The number of nitrogens with zero attached hydrogens (tertiary/aromatic N) is 2. The van der Waals surface area contributed by atoms with E-state index in [4.69, 9.17) is 0 Å². The predicted octanol–water partition coefficient (Wildman–Crippen LogP) is 2.13. The highest BCUT2D eigenvalue weighted by Crippen LogP contribution is 2.15. The van der Waals surface area contributed by atoms with Gasteiger partial charge in [0, 0.05) is 38.1 Å². The van der Waals surface area contributed by atoms with Crippen LogP contribution < -0.4 is 5.32 Å². The van der Waals surface area contributed by atoms with Gasteiger partial charge in [0.05, 0.1) is 6.54 Å². The molecule has 0 saturated carbocycles. The largest absolute Gasteiger partial charge is 0.334 e. The summed E-state index contributed by atoms with van der Waals surface area (Å²) in [7, 11) is 0. The Morgan fingerprint density at radius 2 is 1.65 bits per heavy atom. The van der Waals surface area contributed by atoms with Crippen molar-refractivity contribution in [3.8, 4) is 0 Å². The van der Waals surface area contributed by atoms with Crippen LogP contribution >= 0.6 is 0 Å². The van der Waals surface area contributed by atoms with Gasteiger partial charge in [0.1, 0.15) is 0 Å². The average molecular weight is 317 g/mol. The number of urea groups is 1. The molecule has 1 aliphatic rings. The Morgan fingerprint density at radius 1 is 1.04 bits per heavy atom. The summed E-state index contributed by atoms with van der Waals surface area (Å²) in [6.45, 7) is 9.69. The summed E-state index contributed by atoms with van der Waals surface area (Å²) in [5, 5.41) is 2.95. The summed E-state index contributed by atoms with van der Waals surface area (Å²) in [4.78, 5) is 28.2. The van der Waals surface area contributed by atoms with Crippen molar-refractivity contribution in [3.05, 3.63) is 35.9 Å². The highest BCUT2D eigenvalue weighted by Gasteiger charge is 2.26. The number of rotatable bonds is 4. The van der Waals surface area contributed by atoms with Crippen LogP contribution in [-0.2, 0) is 11.3 Å². The van der Waals surface area contributed by atoms with Crippen molar-refractivity contribution in [1.29, 1.82) is 0 Å². The van der Waals surface area contributed by atoms with Crippen LogP contribution in [0.4, 0.5) is 4.79 Å². The molecule has 1 N–H and O–H groups in total. The number of hydrogen-bond donors (Lipinski definition) is 1. The standard InChI is InChI=1S/C18H27N3O2/c1-18(2,3)16(22)14-20-9-11-21(12-10-20)17(23)19-13-15-7-5-4-6-8-15/h4-8H,9-14H2,1-3H3,(H,19,23). The lowest BCUT2D eigenvalue weighted by Gasteiger charge is -2.35. The maximum absolute atomic E-state index is 12.2. The molecule has 5 nitrogen and oxygen atoms in total. The number of piperazine rings is 1. The first-order valence-electron chi connectivity index (χ1n) is 8.18. The third kappa shape index (κ3) is 5.36. The van der Waals surface area contributed by atoms with Crippen molar-refractivity contribution < 1.29 is 9.59 Å². The van der Waals surface area contributed by atoms with Gasteiger partial charge in [0.25, 0.3) is 0 Å². The van der Waals surface area contributed by atoms with Gasteiger partial charge < -0.3 is 10.2 Å². The molecule has 1 fully saturated rings. The molecule has 2 rings (SSSR count). The van der Waals surface area contributed by atoms with Crippen molar-refractivity contribution in [1.82, 2.24) is 15.1 Å². The van der Waals surface area contributed by atoms with E-state index in [0.717, 1.165) is 18.7 Å². The van der Waals surface area contributed by atoms with Crippen LogP contribution in [0.3, 0.4) is 0 Å². The fourth-order valence-electron chi connectivity index (χ4n) is 2.43. The minimum absolute atomic E-state index is 0.0318. The van der Waals surface area contributed by atoms with Crippen LogP contribution in [0.2, 0.25) is 0 Å². The quantitative estimate of drug-likeness (QED) is 0.925. The SMILES string of the molecule is CC(C)(C)C(=O)CN1CCN(C(=O)NCc2ccccc2)CC1. The van der Waals surface area contributed by atoms with Gasteiger partial charge in [-0.15, -0.1) is 0 Å². The molecule has 1 aliphatic heterocycles. The van der Waals surface area contributed by atoms with Gasteiger partial charge in [-0.1, -0.05) is 51.1 Å². The number of benzene rings is 1. The van der Waals surface area contributed by atoms with E-state index >= 15 is 0 Å². The first-order valence-corrected chi connectivity index (χ1v) is 8.18. The van der Waals surface area contributed by atoms with Crippen LogP contribution in [0.25, 0.3) is 0 Å². The summed E-state index contributed by atoms with van der Waals surface area (Å²) in [6, 6.07) is 9.85. The lowest BCUT2D eigenvalue weighted by Crippen LogP contribution is -2.53. The Labute approximate surface area is 138 Å². The fourth-order valence-corrected chi connectivity index (χ4v) is 2.43. The minimum atomic E-state index is -0.301. The molecule has 126 valence electrons. The molecule has 0 spiro atoms. The van der Waals surface area contributed by atoms with Gasteiger partial charge in [-0.05, 0) is 5.56 Å². The molecule has 1 heterocycles. The third-order valence-electron chi connectivity index (χ3n) is 4.15. The highest BCUT2D eigenvalue weighted by molar-refractivity contribution is 5.85. The molecule has 0 bridgehead atoms. The van der Waals surface area contributed by atoms with Gasteiger partial charge >= 0.3 is 6.03 Å². The Hall–Kier alpha value is -1.88. The van der Waals surface area contributed by atoms with Crippen molar-refractivity contribution in [3.63, 3.8) is 0 Å². The molecule has 0 radical (unpaired) electrons. The highest BCUT2D eigenvalue weighted by atomic mass is 16.2. The Kier molecular flexibility index (Phi) is 5.77. The van der Waals surface area contributed by atoms with Crippen LogP contribution in [0, 0.1) is 5.41 Å². The lowest BCUT2D eigenvalue weighted by atomic mass is 9.90. The number of ketones is 1. The van der Waals surface area contributed by atoms with Gasteiger partial charge in [-0.25, -0.2) is 4.79 Å². The maximum atomic E-state index is 12.2. The van der Waals surface area contributed by atoms with Gasteiger partial charge in [0.2, 0.25) is 0 Å². The van der Waals surface area contributed by atoms with E-state index in [1.54, 1.807) is 0 Å². The molecule has 0 aromatic heterocycles. The Balaban J connectivity index is 1.73.